The molecule has 1 aliphatic rings. The van der Waals surface area contributed by atoms with E-state index in [1.165, 1.54) is 0 Å². The van der Waals surface area contributed by atoms with Crippen LogP contribution in [-0.4, -0.2) is 47.5 Å². The van der Waals surface area contributed by atoms with Crippen LogP contribution in [0.5, 0.6) is 0 Å². The fourth-order valence-corrected chi connectivity index (χ4v) is 2.79. The van der Waals surface area contributed by atoms with Crippen molar-refractivity contribution in [1.82, 2.24) is 10.2 Å². The second-order valence-corrected chi connectivity index (χ2v) is 8.44. The Hall–Kier alpha value is -2.57. The lowest BCUT2D eigenvalue weighted by molar-refractivity contribution is -0.118. The third kappa shape index (κ3) is 6.55. The van der Waals surface area contributed by atoms with Crippen molar-refractivity contribution in [2.24, 2.45) is 5.92 Å². The Morgan fingerprint density at radius 2 is 1.64 bits per heavy atom. The fraction of sp³-hybridized carbons (Fsp3) is 0.571. The molecule has 154 valence electrons. The molecule has 0 aliphatic carbocycles. The molecule has 0 saturated carbocycles. The molecule has 1 aromatic carbocycles. The smallest absolute Gasteiger partial charge is 0.410 e. The van der Waals surface area contributed by atoms with Crippen LogP contribution < -0.4 is 10.6 Å². The largest absolute Gasteiger partial charge is 0.444 e. The molecule has 1 fully saturated rings. The van der Waals surface area contributed by atoms with Gasteiger partial charge in [0.05, 0.1) is 0 Å². The molecular weight excluding hydrogens is 358 g/mol. The summed E-state index contributed by atoms with van der Waals surface area (Å²) in [6.07, 6.45) is 1.07. The Morgan fingerprint density at radius 1 is 1.07 bits per heavy atom. The van der Waals surface area contributed by atoms with Crippen molar-refractivity contribution >= 4 is 23.6 Å². The van der Waals surface area contributed by atoms with E-state index in [0.717, 1.165) is 0 Å². The van der Waals surface area contributed by atoms with Gasteiger partial charge in [0, 0.05) is 36.3 Å². The molecule has 3 amide bonds. The topological polar surface area (TPSA) is 87.7 Å². The highest BCUT2D eigenvalue weighted by atomic mass is 16.6. The summed E-state index contributed by atoms with van der Waals surface area (Å²) < 4.78 is 5.39. The van der Waals surface area contributed by atoms with Crippen LogP contribution in [-0.2, 0) is 9.53 Å². The minimum Gasteiger partial charge on any atom is -0.444 e. The van der Waals surface area contributed by atoms with Crippen molar-refractivity contribution in [2.45, 2.75) is 59.1 Å². The van der Waals surface area contributed by atoms with Gasteiger partial charge < -0.3 is 20.3 Å². The van der Waals surface area contributed by atoms with Crippen molar-refractivity contribution in [1.29, 1.82) is 0 Å². The van der Waals surface area contributed by atoms with E-state index < -0.39 is 5.60 Å². The van der Waals surface area contributed by atoms with Gasteiger partial charge in [0.1, 0.15) is 5.60 Å². The van der Waals surface area contributed by atoms with Gasteiger partial charge in [-0.25, -0.2) is 4.79 Å². The first-order valence-corrected chi connectivity index (χ1v) is 9.75. The predicted octanol–water partition coefficient (Wildman–Crippen LogP) is 3.41. The quantitative estimate of drug-likeness (QED) is 0.826. The van der Waals surface area contributed by atoms with Gasteiger partial charge in [0.15, 0.2) is 0 Å². The first kappa shape index (κ1) is 21.7. The zero-order chi connectivity index (χ0) is 20.9. The number of anilines is 1. The molecular formula is C21H31N3O4. The van der Waals surface area contributed by atoms with Gasteiger partial charge in [-0.05, 0) is 57.9 Å². The van der Waals surface area contributed by atoms with Crippen molar-refractivity contribution in [3.8, 4) is 0 Å². The lowest BCUT2D eigenvalue weighted by Gasteiger charge is -2.33. The summed E-state index contributed by atoms with van der Waals surface area (Å²) in [5, 5.41) is 5.82. The van der Waals surface area contributed by atoms with Crippen LogP contribution >= 0.6 is 0 Å². The lowest BCUT2D eigenvalue weighted by atomic mass is 10.0. The van der Waals surface area contributed by atoms with Crippen LogP contribution in [0.15, 0.2) is 24.3 Å². The van der Waals surface area contributed by atoms with Gasteiger partial charge in [-0.1, -0.05) is 13.8 Å². The van der Waals surface area contributed by atoms with Gasteiger partial charge >= 0.3 is 6.09 Å². The summed E-state index contributed by atoms with van der Waals surface area (Å²) in [5.41, 5.74) is 0.696. The van der Waals surface area contributed by atoms with Gasteiger partial charge in [0.25, 0.3) is 5.91 Å². The van der Waals surface area contributed by atoms with Crippen molar-refractivity contribution < 1.29 is 19.1 Å². The number of hydrogen-bond donors (Lipinski definition) is 2. The number of hydrogen-bond acceptors (Lipinski definition) is 4. The molecule has 0 bridgehead atoms. The van der Waals surface area contributed by atoms with E-state index in [0.29, 0.717) is 37.2 Å². The van der Waals surface area contributed by atoms with E-state index in [4.69, 9.17) is 4.74 Å². The van der Waals surface area contributed by atoms with E-state index in [-0.39, 0.29) is 29.9 Å². The van der Waals surface area contributed by atoms with Gasteiger partial charge in [-0.2, -0.15) is 0 Å². The number of ether oxygens (including phenoxy) is 1. The van der Waals surface area contributed by atoms with E-state index in [2.05, 4.69) is 10.6 Å². The average Bonchev–Trinajstić information content (AvgIpc) is 2.61. The summed E-state index contributed by atoms with van der Waals surface area (Å²) in [7, 11) is 0. The fourth-order valence-electron chi connectivity index (χ4n) is 2.79. The predicted molar refractivity (Wildman–Crippen MR) is 108 cm³/mol. The normalized spacial score (nSPS) is 15.3. The number of benzene rings is 1. The number of carbonyl (C=O) groups excluding carboxylic acids is 3. The number of nitrogens with zero attached hydrogens (tertiary/aromatic N) is 1. The molecule has 0 unspecified atom stereocenters. The monoisotopic (exact) mass is 389 g/mol. The lowest BCUT2D eigenvalue weighted by Crippen LogP contribution is -2.47. The van der Waals surface area contributed by atoms with Crippen molar-refractivity contribution in [3.63, 3.8) is 0 Å². The van der Waals surface area contributed by atoms with Crippen LogP contribution in [0.3, 0.4) is 0 Å². The van der Waals surface area contributed by atoms with Crippen LogP contribution in [0.4, 0.5) is 10.5 Å². The maximum absolute atomic E-state index is 12.5. The third-order valence-corrected chi connectivity index (χ3v) is 4.42. The average molecular weight is 389 g/mol. The molecule has 1 aliphatic heterocycles. The second kappa shape index (κ2) is 9.08. The Bertz CT molecular complexity index is 699. The summed E-state index contributed by atoms with van der Waals surface area (Å²) >= 11 is 0. The molecule has 28 heavy (non-hydrogen) atoms. The van der Waals surface area contributed by atoms with Gasteiger partial charge in [0.2, 0.25) is 5.91 Å². The Kier molecular flexibility index (Phi) is 7.05. The van der Waals surface area contributed by atoms with Gasteiger partial charge in [-0.15, -0.1) is 0 Å². The molecule has 1 saturated heterocycles. The number of rotatable bonds is 4. The molecule has 0 spiro atoms. The first-order chi connectivity index (χ1) is 13.0. The Labute approximate surface area is 166 Å². The second-order valence-electron chi connectivity index (χ2n) is 8.44. The van der Waals surface area contributed by atoms with E-state index in [1.54, 1.807) is 29.2 Å². The minimum atomic E-state index is -0.511. The molecule has 7 nitrogen and oxygen atoms in total. The number of amides is 3. The van der Waals surface area contributed by atoms with Gasteiger partial charge in [-0.3, -0.25) is 9.59 Å². The molecule has 1 heterocycles. The highest BCUT2D eigenvalue weighted by Crippen LogP contribution is 2.16. The summed E-state index contributed by atoms with van der Waals surface area (Å²) in [4.78, 5) is 38.0. The molecule has 2 N–H and O–H groups in total. The first-order valence-electron chi connectivity index (χ1n) is 9.75. The maximum atomic E-state index is 12.5. The number of piperidine rings is 1. The van der Waals surface area contributed by atoms with Crippen LogP contribution in [0.1, 0.15) is 57.8 Å². The Morgan fingerprint density at radius 3 is 2.14 bits per heavy atom. The van der Waals surface area contributed by atoms with E-state index in [9.17, 15) is 14.4 Å². The molecule has 1 aromatic rings. The van der Waals surface area contributed by atoms with Crippen LogP contribution in [0, 0.1) is 5.92 Å². The molecule has 0 aromatic heterocycles. The molecule has 7 heteroatoms. The molecule has 0 atom stereocenters. The number of carbonyl (C=O) groups is 3. The van der Waals surface area contributed by atoms with Crippen LogP contribution in [0.25, 0.3) is 0 Å². The highest BCUT2D eigenvalue weighted by Gasteiger charge is 2.27. The standard InChI is InChI=1S/C21H31N3O4/c1-14(2)18(25)22-16-8-6-15(7-9-16)19(26)23-17-10-12-24(13-11-17)20(27)28-21(3,4)5/h6-9,14,17H,10-13H2,1-5H3,(H,22,25)(H,23,26). The summed E-state index contributed by atoms with van der Waals surface area (Å²) in [6, 6.07) is 6.86. The number of nitrogens with one attached hydrogen (secondary N) is 2. The van der Waals surface area contributed by atoms with E-state index in [1.807, 2.05) is 34.6 Å². The summed E-state index contributed by atoms with van der Waals surface area (Å²) in [6.45, 7) is 10.3. The SMILES string of the molecule is CC(C)C(=O)Nc1ccc(C(=O)NC2CCN(C(=O)OC(C)(C)C)CC2)cc1. The third-order valence-electron chi connectivity index (χ3n) is 4.42. The van der Waals surface area contributed by atoms with Crippen LogP contribution in [0.2, 0.25) is 0 Å². The molecule has 2 rings (SSSR count). The van der Waals surface area contributed by atoms with Crippen molar-refractivity contribution in [3.05, 3.63) is 29.8 Å². The Balaban J connectivity index is 1.82. The van der Waals surface area contributed by atoms with Crippen molar-refractivity contribution in [2.75, 3.05) is 18.4 Å². The molecule has 0 radical (unpaired) electrons. The zero-order valence-electron chi connectivity index (χ0n) is 17.4. The number of likely N-dealkylation sites (tertiary alicyclic amines) is 1. The summed E-state index contributed by atoms with van der Waals surface area (Å²) in [5.74, 6) is -0.319. The maximum Gasteiger partial charge on any atom is 0.410 e. The van der Waals surface area contributed by atoms with E-state index >= 15 is 0 Å². The zero-order valence-corrected chi connectivity index (χ0v) is 17.4. The highest BCUT2D eigenvalue weighted by molar-refractivity contribution is 5.96. The minimum absolute atomic E-state index is 0.0199.